The third-order valence-electron chi connectivity index (χ3n) is 2.25. The second-order valence-corrected chi connectivity index (χ2v) is 5.57. The quantitative estimate of drug-likeness (QED) is 0.736. The molecule has 1 aromatic rings. The van der Waals surface area contributed by atoms with Crippen molar-refractivity contribution < 1.29 is 28.2 Å². The number of nitrogens with zero attached hydrogens (tertiary/aromatic N) is 2. The summed E-state index contributed by atoms with van der Waals surface area (Å²) in [5, 5.41) is 26.2. The molecule has 0 heterocycles. The summed E-state index contributed by atoms with van der Waals surface area (Å²) in [6.07, 6.45) is 0. The Kier molecular flexibility index (Phi) is 4.79. The van der Waals surface area contributed by atoms with Crippen LogP contribution in [0.2, 0.25) is 0 Å². The molecule has 0 unspecified atom stereocenters. The van der Waals surface area contributed by atoms with E-state index in [-0.39, 0.29) is 9.87 Å². The van der Waals surface area contributed by atoms with Gasteiger partial charge in [-0.25, -0.2) is 8.42 Å². The van der Waals surface area contributed by atoms with E-state index in [9.17, 15) is 18.0 Å². The molecule has 0 saturated heterocycles. The van der Waals surface area contributed by atoms with Crippen molar-refractivity contribution in [2.75, 3.05) is 13.1 Å². The van der Waals surface area contributed by atoms with E-state index >= 15 is 0 Å². The van der Waals surface area contributed by atoms with Crippen molar-refractivity contribution in [3.8, 4) is 6.07 Å². The molecule has 2 N–H and O–H groups in total. The van der Waals surface area contributed by atoms with Gasteiger partial charge in [-0.05, 0) is 12.1 Å². The van der Waals surface area contributed by atoms with Crippen LogP contribution in [0.15, 0.2) is 29.2 Å². The summed E-state index contributed by atoms with van der Waals surface area (Å²) >= 11 is 0. The Labute approximate surface area is 114 Å². The Morgan fingerprint density at radius 3 is 2.10 bits per heavy atom. The maximum atomic E-state index is 12.2. The lowest BCUT2D eigenvalue weighted by Crippen LogP contribution is -2.39. The Morgan fingerprint density at radius 1 is 1.15 bits per heavy atom. The highest BCUT2D eigenvalue weighted by molar-refractivity contribution is 7.89. The van der Waals surface area contributed by atoms with Gasteiger partial charge in [-0.2, -0.15) is 9.57 Å². The number of carboxylic acids is 2. The molecule has 0 aliphatic heterocycles. The van der Waals surface area contributed by atoms with Crippen molar-refractivity contribution >= 4 is 22.0 Å². The maximum absolute atomic E-state index is 12.2. The molecule has 1 aromatic carbocycles. The van der Waals surface area contributed by atoms with Gasteiger partial charge in [-0.3, -0.25) is 9.59 Å². The molecule has 0 aliphatic rings. The molecule has 0 fully saturated rings. The highest BCUT2D eigenvalue weighted by Gasteiger charge is 2.30. The zero-order chi connectivity index (χ0) is 15.3. The summed E-state index contributed by atoms with van der Waals surface area (Å²) in [6, 6.07) is 6.82. The second-order valence-electron chi connectivity index (χ2n) is 3.67. The fourth-order valence-corrected chi connectivity index (χ4v) is 2.93. The molecule has 0 spiro atoms. The Morgan fingerprint density at radius 2 is 1.65 bits per heavy atom. The van der Waals surface area contributed by atoms with Crippen LogP contribution in [0.4, 0.5) is 0 Å². The van der Waals surface area contributed by atoms with Crippen molar-refractivity contribution in [2.24, 2.45) is 0 Å². The van der Waals surface area contributed by atoms with Crippen molar-refractivity contribution in [3.63, 3.8) is 0 Å². The molecule has 0 radical (unpaired) electrons. The highest BCUT2D eigenvalue weighted by Crippen LogP contribution is 2.19. The topological polar surface area (TPSA) is 136 Å². The van der Waals surface area contributed by atoms with Crippen LogP contribution in [0.3, 0.4) is 0 Å². The first-order valence-electron chi connectivity index (χ1n) is 5.22. The van der Waals surface area contributed by atoms with Crippen LogP contribution < -0.4 is 0 Å². The van der Waals surface area contributed by atoms with Crippen molar-refractivity contribution in [3.05, 3.63) is 29.8 Å². The molecule has 8 nitrogen and oxygen atoms in total. The van der Waals surface area contributed by atoms with Gasteiger partial charge in [0.25, 0.3) is 0 Å². The van der Waals surface area contributed by atoms with E-state index in [1.165, 1.54) is 18.2 Å². The normalized spacial score (nSPS) is 11.0. The third kappa shape index (κ3) is 3.53. The maximum Gasteiger partial charge on any atom is 0.318 e. The van der Waals surface area contributed by atoms with Crippen LogP contribution in [0.25, 0.3) is 0 Å². The van der Waals surface area contributed by atoms with Gasteiger partial charge in [0.05, 0.1) is 10.5 Å². The number of carboxylic acid groups (broad SMARTS) is 2. The van der Waals surface area contributed by atoms with E-state index in [1.807, 2.05) is 0 Å². The van der Waals surface area contributed by atoms with Gasteiger partial charge in [0.15, 0.2) is 0 Å². The third-order valence-corrected chi connectivity index (χ3v) is 4.10. The van der Waals surface area contributed by atoms with Gasteiger partial charge in [0.1, 0.15) is 19.2 Å². The first kappa shape index (κ1) is 15.6. The van der Waals surface area contributed by atoms with Crippen LogP contribution in [0.5, 0.6) is 0 Å². The fraction of sp³-hybridized carbons (Fsp3) is 0.182. The fourth-order valence-electron chi connectivity index (χ4n) is 1.45. The highest BCUT2D eigenvalue weighted by atomic mass is 32.2. The van der Waals surface area contributed by atoms with Crippen molar-refractivity contribution in [1.29, 1.82) is 5.26 Å². The first-order chi connectivity index (χ1) is 9.28. The molecular weight excluding hydrogens is 288 g/mol. The van der Waals surface area contributed by atoms with E-state index in [0.717, 1.165) is 6.07 Å². The number of hydrogen-bond donors (Lipinski definition) is 2. The summed E-state index contributed by atoms with van der Waals surface area (Å²) < 4.78 is 24.7. The van der Waals surface area contributed by atoms with Gasteiger partial charge in [-0.1, -0.05) is 12.1 Å². The minimum absolute atomic E-state index is 0.187. The molecule has 0 atom stereocenters. The number of nitriles is 1. The van der Waals surface area contributed by atoms with Crippen LogP contribution in [0, 0.1) is 11.3 Å². The summed E-state index contributed by atoms with van der Waals surface area (Å²) in [5.74, 6) is -2.99. The summed E-state index contributed by atoms with van der Waals surface area (Å²) in [4.78, 5) is 20.9. The minimum Gasteiger partial charge on any atom is -0.480 e. The van der Waals surface area contributed by atoms with Gasteiger partial charge in [0.2, 0.25) is 10.0 Å². The van der Waals surface area contributed by atoms with Crippen LogP contribution in [0.1, 0.15) is 5.56 Å². The largest absolute Gasteiger partial charge is 0.480 e. The predicted octanol–water partition coefficient (Wildman–Crippen LogP) is -0.282. The molecular formula is C11H10N2O6S. The average molecular weight is 298 g/mol. The summed E-state index contributed by atoms with van der Waals surface area (Å²) in [6.45, 7) is -2.01. The van der Waals surface area contributed by atoms with Gasteiger partial charge < -0.3 is 10.2 Å². The Hall–Kier alpha value is -2.44. The number of rotatable bonds is 6. The smallest absolute Gasteiger partial charge is 0.318 e. The Balaban J connectivity index is 3.32. The van der Waals surface area contributed by atoms with Gasteiger partial charge in [-0.15, -0.1) is 0 Å². The van der Waals surface area contributed by atoms with Gasteiger partial charge in [0, 0.05) is 0 Å². The lowest BCUT2D eigenvalue weighted by Gasteiger charge is -2.18. The summed E-state index contributed by atoms with van der Waals surface area (Å²) in [5.41, 5.74) is -0.187. The number of sulfonamides is 1. The van der Waals surface area contributed by atoms with E-state index in [0.29, 0.717) is 0 Å². The minimum atomic E-state index is -4.38. The van der Waals surface area contributed by atoms with Crippen LogP contribution >= 0.6 is 0 Å². The van der Waals surface area contributed by atoms with Crippen molar-refractivity contribution in [2.45, 2.75) is 4.90 Å². The number of carbonyl (C=O) groups is 2. The van der Waals surface area contributed by atoms with Crippen molar-refractivity contribution in [1.82, 2.24) is 4.31 Å². The summed E-state index contributed by atoms with van der Waals surface area (Å²) in [7, 11) is -4.38. The molecule has 20 heavy (non-hydrogen) atoms. The molecule has 0 aromatic heterocycles. The average Bonchev–Trinajstić information content (AvgIpc) is 2.36. The van der Waals surface area contributed by atoms with E-state index in [2.05, 4.69) is 0 Å². The van der Waals surface area contributed by atoms with Crippen LogP contribution in [-0.2, 0) is 19.6 Å². The monoisotopic (exact) mass is 298 g/mol. The van der Waals surface area contributed by atoms with E-state index in [1.54, 1.807) is 6.07 Å². The van der Waals surface area contributed by atoms with E-state index < -0.39 is 39.9 Å². The molecule has 9 heteroatoms. The number of aliphatic carboxylic acids is 2. The lowest BCUT2D eigenvalue weighted by molar-refractivity contribution is -0.139. The molecule has 0 saturated carbocycles. The predicted molar refractivity (Wildman–Crippen MR) is 65.2 cm³/mol. The molecule has 0 amide bonds. The molecule has 1 rings (SSSR count). The van der Waals surface area contributed by atoms with Gasteiger partial charge >= 0.3 is 11.9 Å². The zero-order valence-corrected chi connectivity index (χ0v) is 10.9. The molecule has 0 aliphatic carbocycles. The molecule has 0 bridgehead atoms. The van der Waals surface area contributed by atoms with Crippen LogP contribution in [-0.4, -0.2) is 48.0 Å². The number of hydrogen-bond acceptors (Lipinski definition) is 5. The lowest BCUT2D eigenvalue weighted by atomic mass is 10.2. The SMILES string of the molecule is N#Cc1ccccc1S(=O)(=O)N(CC(=O)O)CC(=O)O. The second kappa shape index (κ2) is 6.14. The standard InChI is InChI=1S/C11H10N2O6S/c12-5-8-3-1-2-4-9(8)20(18,19)13(6-10(14)15)7-11(16)17/h1-4H,6-7H2,(H,14,15)(H,16,17). The molecule has 106 valence electrons. The number of benzene rings is 1. The zero-order valence-electron chi connectivity index (χ0n) is 10.1. The van der Waals surface area contributed by atoms with E-state index in [4.69, 9.17) is 15.5 Å². The Bertz CT molecular complexity index is 660. The first-order valence-corrected chi connectivity index (χ1v) is 6.66.